The third-order valence-corrected chi connectivity index (χ3v) is 4.46. The lowest BCUT2D eigenvalue weighted by molar-refractivity contribution is 0.306. The highest BCUT2D eigenvalue weighted by Crippen LogP contribution is 2.23. The van der Waals surface area contributed by atoms with Crippen molar-refractivity contribution >= 4 is 23.1 Å². The van der Waals surface area contributed by atoms with Crippen molar-refractivity contribution in [2.24, 2.45) is 0 Å². The van der Waals surface area contributed by atoms with Gasteiger partial charge in [-0.2, -0.15) is 4.98 Å². The summed E-state index contributed by atoms with van der Waals surface area (Å²) >= 11 is 0. The van der Waals surface area contributed by atoms with Gasteiger partial charge in [0.05, 0.1) is 0 Å². The van der Waals surface area contributed by atoms with Gasteiger partial charge in [0.2, 0.25) is 5.95 Å². The molecule has 0 saturated heterocycles. The number of rotatable bonds is 7. The average molecular weight is 382 g/mol. The van der Waals surface area contributed by atoms with Crippen LogP contribution in [0.5, 0.6) is 5.75 Å². The second kappa shape index (κ2) is 8.89. The Morgan fingerprint density at radius 1 is 0.828 bits per heavy atom. The van der Waals surface area contributed by atoms with Crippen LogP contribution in [-0.2, 0) is 6.61 Å². The lowest BCUT2D eigenvalue weighted by atomic mass is 10.2. The van der Waals surface area contributed by atoms with Crippen molar-refractivity contribution in [1.82, 2.24) is 9.97 Å². The molecule has 4 rings (SSSR count). The summed E-state index contributed by atoms with van der Waals surface area (Å²) in [6.07, 6.45) is 1.75. The van der Waals surface area contributed by atoms with Crippen molar-refractivity contribution < 1.29 is 4.74 Å². The van der Waals surface area contributed by atoms with E-state index >= 15 is 0 Å². The van der Waals surface area contributed by atoms with Gasteiger partial charge < -0.3 is 15.0 Å². The van der Waals surface area contributed by atoms with Crippen LogP contribution < -0.4 is 15.0 Å². The van der Waals surface area contributed by atoms with Gasteiger partial charge in [-0.3, -0.25) is 0 Å². The number of hydrogen-bond acceptors (Lipinski definition) is 5. The molecule has 4 aromatic rings. The zero-order valence-electron chi connectivity index (χ0n) is 16.2. The van der Waals surface area contributed by atoms with Gasteiger partial charge in [-0.25, -0.2) is 4.98 Å². The first-order valence-corrected chi connectivity index (χ1v) is 9.43. The van der Waals surface area contributed by atoms with E-state index in [-0.39, 0.29) is 0 Å². The van der Waals surface area contributed by atoms with Gasteiger partial charge in [0.15, 0.2) is 0 Å². The zero-order chi connectivity index (χ0) is 19.9. The molecular weight excluding hydrogens is 360 g/mol. The number of hydrogen-bond donors (Lipinski definition) is 1. The van der Waals surface area contributed by atoms with Crippen LogP contribution in [0.2, 0.25) is 0 Å². The fourth-order valence-electron chi connectivity index (χ4n) is 2.87. The minimum absolute atomic E-state index is 0.550. The molecule has 3 aromatic carbocycles. The SMILES string of the molecule is CN(c1ccccc1)c1nccc(Nc2ccc(OCc3ccccc3)cc2)n1. The van der Waals surface area contributed by atoms with E-state index in [4.69, 9.17) is 4.74 Å². The molecule has 0 radical (unpaired) electrons. The highest BCUT2D eigenvalue weighted by molar-refractivity contribution is 5.61. The largest absolute Gasteiger partial charge is 0.489 e. The van der Waals surface area contributed by atoms with Crippen LogP contribution in [0.25, 0.3) is 0 Å². The highest BCUT2D eigenvalue weighted by Gasteiger charge is 2.07. The molecule has 0 bridgehead atoms. The highest BCUT2D eigenvalue weighted by atomic mass is 16.5. The summed E-state index contributed by atoms with van der Waals surface area (Å²) < 4.78 is 5.84. The lowest BCUT2D eigenvalue weighted by Gasteiger charge is -2.17. The summed E-state index contributed by atoms with van der Waals surface area (Å²) in [5.74, 6) is 2.19. The standard InChI is InChI=1S/C24H22N4O/c1-28(21-10-6-3-7-11-21)24-25-17-16-23(27-24)26-20-12-14-22(15-13-20)29-18-19-8-4-2-5-9-19/h2-17H,18H2,1H3,(H,25,26,27). The molecule has 1 aromatic heterocycles. The van der Waals surface area contributed by atoms with Crippen LogP contribution in [0, 0.1) is 0 Å². The number of ether oxygens (including phenoxy) is 1. The van der Waals surface area contributed by atoms with Gasteiger partial charge in [0.1, 0.15) is 18.2 Å². The van der Waals surface area contributed by atoms with E-state index in [2.05, 4.69) is 27.4 Å². The summed E-state index contributed by atoms with van der Waals surface area (Å²) in [6, 6.07) is 29.8. The van der Waals surface area contributed by atoms with Crippen LogP contribution >= 0.6 is 0 Å². The predicted molar refractivity (Wildman–Crippen MR) is 117 cm³/mol. The Morgan fingerprint density at radius 3 is 2.24 bits per heavy atom. The molecule has 0 fully saturated rings. The third-order valence-electron chi connectivity index (χ3n) is 4.46. The first kappa shape index (κ1) is 18.5. The van der Waals surface area contributed by atoms with Crippen LogP contribution in [0.4, 0.5) is 23.1 Å². The van der Waals surface area contributed by atoms with E-state index in [9.17, 15) is 0 Å². The van der Waals surface area contributed by atoms with Crippen LogP contribution in [0.15, 0.2) is 97.2 Å². The predicted octanol–water partition coefficient (Wildman–Crippen LogP) is 5.57. The van der Waals surface area contributed by atoms with Crippen LogP contribution in [0.3, 0.4) is 0 Å². The monoisotopic (exact) mass is 382 g/mol. The minimum Gasteiger partial charge on any atom is -0.489 e. The van der Waals surface area contributed by atoms with Crippen molar-refractivity contribution in [2.45, 2.75) is 6.61 Å². The van der Waals surface area contributed by atoms with Gasteiger partial charge in [-0.1, -0.05) is 48.5 Å². The average Bonchev–Trinajstić information content (AvgIpc) is 2.79. The Kier molecular flexibility index (Phi) is 5.67. The molecule has 0 atom stereocenters. The number of nitrogens with zero attached hydrogens (tertiary/aromatic N) is 3. The first-order chi connectivity index (χ1) is 14.3. The third kappa shape index (κ3) is 4.90. The maximum absolute atomic E-state index is 5.84. The van der Waals surface area contributed by atoms with Gasteiger partial charge in [-0.05, 0) is 48.0 Å². The van der Waals surface area contributed by atoms with E-state index in [1.807, 2.05) is 90.8 Å². The Hall–Kier alpha value is -3.86. The second-order valence-electron chi connectivity index (χ2n) is 6.56. The lowest BCUT2D eigenvalue weighted by Crippen LogP contribution is -2.13. The normalized spacial score (nSPS) is 10.4. The molecule has 0 aliphatic carbocycles. The number of para-hydroxylation sites is 1. The molecule has 0 saturated carbocycles. The second-order valence-corrected chi connectivity index (χ2v) is 6.56. The molecule has 0 amide bonds. The van der Waals surface area contributed by atoms with Crippen molar-refractivity contribution in [3.63, 3.8) is 0 Å². The fourth-order valence-corrected chi connectivity index (χ4v) is 2.87. The number of aromatic nitrogens is 2. The van der Waals surface area contributed by atoms with E-state index < -0.39 is 0 Å². The van der Waals surface area contributed by atoms with E-state index in [0.29, 0.717) is 12.6 Å². The minimum atomic E-state index is 0.550. The smallest absolute Gasteiger partial charge is 0.231 e. The summed E-state index contributed by atoms with van der Waals surface area (Å²) in [5.41, 5.74) is 3.11. The van der Waals surface area contributed by atoms with Crippen molar-refractivity contribution in [1.29, 1.82) is 0 Å². The van der Waals surface area contributed by atoms with Crippen LogP contribution in [-0.4, -0.2) is 17.0 Å². The Bertz CT molecular complexity index is 1040. The van der Waals surface area contributed by atoms with Gasteiger partial charge in [-0.15, -0.1) is 0 Å². The van der Waals surface area contributed by atoms with Crippen molar-refractivity contribution in [3.8, 4) is 5.75 Å². The molecule has 0 aliphatic heterocycles. The molecular formula is C24H22N4O. The van der Waals surface area contributed by atoms with Crippen molar-refractivity contribution in [2.75, 3.05) is 17.3 Å². The maximum atomic E-state index is 5.84. The summed E-state index contributed by atoms with van der Waals surface area (Å²) in [6.45, 7) is 0.550. The number of nitrogens with one attached hydrogen (secondary N) is 1. The molecule has 5 nitrogen and oxygen atoms in total. The molecule has 1 N–H and O–H groups in total. The summed E-state index contributed by atoms with van der Waals surface area (Å²) in [7, 11) is 1.95. The van der Waals surface area contributed by atoms with Gasteiger partial charge in [0.25, 0.3) is 0 Å². The van der Waals surface area contributed by atoms with Crippen LogP contribution in [0.1, 0.15) is 5.56 Å². The summed E-state index contributed by atoms with van der Waals surface area (Å²) in [5, 5.41) is 3.32. The van der Waals surface area contributed by atoms with Gasteiger partial charge in [0, 0.05) is 24.6 Å². The Morgan fingerprint density at radius 2 is 1.52 bits per heavy atom. The Balaban J connectivity index is 1.40. The van der Waals surface area contributed by atoms with E-state index in [1.54, 1.807) is 6.20 Å². The molecule has 0 spiro atoms. The number of benzene rings is 3. The molecule has 5 heteroatoms. The summed E-state index contributed by atoms with van der Waals surface area (Å²) in [4.78, 5) is 10.9. The molecule has 29 heavy (non-hydrogen) atoms. The molecule has 144 valence electrons. The van der Waals surface area contributed by atoms with Crippen molar-refractivity contribution in [3.05, 3.63) is 103 Å². The number of anilines is 4. The van der Waals surface area contributed by atoms with E-state index in [1.165, 1.54) is 0 Å². The molecule has 1 heterocycles. The quantitative estimate of drug-likeness (QED) is 0.453. The van der Waals surface area contributed by atoms with E-state index in [0.717, 1.165) is 28.5 Å². The fraction of sp³-hybridized carbons (Fsp3) is 0.0833. The molecule has 0 unspecified atom stereocenters. The molecule has 0 aliphatic rings. The zero-order valence-corrected chi connectivity index (χ0v) is 16.2. The Labute approximate surface area is 170 Å². The topological polar surface area (TPSA) is 50.3 Å². The first-order valence-electron chi connectivity index (χ1n) is 9.43. The van der Waals surface area contributed by atoms with Gasteiger partial charge >= 0.3 is 0 Å². The maximum Gasteiger partial charge on any atom is 0.231 e.